The van der Waals surface area contributed by atoms with Crippen molar-refractivity contribution in [1.29, 1.82) is 0 Å². The molecular weight excluding hydrogens is 206 g/mol. The van der Waals surface area contributed by atoms with Gasteiger partial charge < -0.3 is 5.32 Å². The van der Waals surface area contributed by atoms with Gasteiger partial charge in [-0.2, -0.15) is 0 Å². The summed E-state index contributed by atoms with van der Waals surface area (Å²) < 4.78 is 1.69. The van der Waals surface area contributed by atoms with E-state index in [0.717, 1.165) is 0 Å². The third kappa shape index (κ3) is 2.22. The van der Waals surface area contributed by atoms with Gasteiger partial charge in [-0.15, -0.1) is 0 Å². The zero-order valence-electron chi connectivity index (χ0n) is 8.79. The highest BCUT2D eigenvalue weighted by molar-refractivity contribution is 5.90. The standard InChI is InChI=1S/C10H11N5O/c1-2-9(16)14-8-5-12-10(13-6-8)15-4-3-11-7-15/h3-7H,2H2,1H3,(H,14,16). The van der Waals surface area contributed by atoms with E-state index in [9.17, 15) is 4.79 Å². The van der Waals surface area contributed by atoms with Gasteiger partial charge in [0.2, 0.25) is 11.9 Å². The van der Waals surface area contributed by atoms with E-state index >= 15 is 0 Å². The molecule has 0 aliphatic rings. The molecule has 82 valence electrons. The molecule has 0 unspecified atom stereocenters. The van der Waals surface area contributed by atoms with Gasteiger partial charge in [-0.25, -0.2) is 15.0 Å². The normalized spacial score (nSPS) is 10.1. The minimum atomic E-state index is -0.0565. The van der Waals surface area contributed by atoms with Crippen molar-refractivity contribution in [2.45, 2.75) is 13.3 Å². The summed E-state index contributed by atoms with van der Waals surface area (Å²) in [5, 5.41) is 2.68. The van der Waals surface area contributed by atoms with E-state index in [4.69, 9.17) is 0 Å². The number of amides is 1. The predicted molar refractivity (Wildman–Crippen MR) is 58.1 cm³/mol. The number of hydrogen-bond acceptors (Lipinski definition) is 4. The van der Waals surface area contributed by atoms with Gasteiger partial charge in [0.05, 0.1) is 18.1 Å². The van der Waals surface area contributed by atoms with Crippen LogP contribution in [0.1, 0.15) is 13.3 Å². The smallest absolute Gasteiger partial charge is 0.234 e. The van der Waals surface area contributed by atoms with Crippen molar-refractivity contribution in [2.75, 3.05) is 5.32 Å². The number of nitrogens with zero attached hydrogens (tertiary/aromatic N) is 4. The molecule has 2 rings (SSSR count). The molecule has 0 saturated carbocycles. The van der Waals surface area contributed by atoms with Crippen molar-refractivity contribution in [3.05, 3.63) is 31.1 Å². The van der Waals surface area contributed by atoms with Crippen molar-refractivity contribution in [2.24, 2.45) is 0 Å². The van der Waals surface area contributed by atoms with Crippen LogP contribution in [-0.2, 0) is 4.79 Å². The minimum Gasteiger partial charge on any atom is -0.323 e. The summed E-state index contributed by atoms with van der Waals surface area (Å²) in [6.45, 7) is 1.79. The molecule has 2 aromatic heterocycles. The van der Waals surface area contributed by atoms with Gasteiger partial charge in [0.15, 0.2) is 0 Å². The third-order valence-electron chi connectivity index (χ3n) is 1.98. The number of hydrogen-bond donors (Lipinski definition) is 1. The van der Waals surface area contributed by atoms with Gasteiger partial charge >= 0.3 is 0 Å². The Balaban J connectivity index is 2.14. The quantitative estimate of drug-likeness (QED) is 0.832. The molecule has 0 aromatic carbocycles. The molecule has 1 amide bonds. The molecule has 0 aliphatic heterocycles. The number of rotatable bonds is 3. The van der Waals surface area contributed by atoms with Crippen LogP contribution in [0.5, 0.6) is 0 Å². The Kier molecular flexibility index (Phi) is 2.90. The van der Waals surface area contributed by atoms with Gasteiger partial charge in [-0.3, -0.25) is 9.36 Å². The van der Waals surface area contributed by atoms with Gasteiger partial charge in [-0.1, -0.05) is 6.92 Å². The maximum atomic E-state index is 11.1. The lowest BCUT2D eigenvalue weighted by molar-refractivity contribution is -0.115. The average Bonchev–Trinajstić information content (AvgIpc) is 2.83. The Morgan fingerprint density at radius 3 is 2.75 bits per heavy atom. The number of anilines is 1. The number of carbonyl (C=O) groups is 1. The van der Waals surface area contributed by atoms with Crippen LogP contribution in [0.4, 0.5) is 5.69 Å². The van der Waals surface area contributed by atoms with Crippen LogP contribution in [0.2, 0.25) is 0 Å². The molecule has 0 spiro atoms. The van der Waals surface area contributed by atoms with Crippen molar-refractivity contribution in [1.82, 2.24) is 19.5 Å². The molecule has 6 nitrogen and oxygen atoms in total. The van der Waals surface area contributed by atoms with Crippen molar-refractivity contribution in [3.63, 3.8) is 0 Å². The van der Waals surface area contributed by atoms with Crippen LogP contribution >= 0.6 is 0 Å². The second-order valence-corrected chi connectivity index (χ2v) is 3.14. The molecule has 16 heavy (non-hydrogen) atoms. The fourth-order valence-electron chi connectivity index (χ4n) is 1.15. The van der Waals surface area contributed by atoms with Crippen LogP contribution in [0.15, 0.2) is 31.1 Å². The molecule has 6 heteroatoms. The molecular formula is C10H11N5O. The van der Waals surface area contributed by atoms with E-state index in [1.165, 1.54) is 0 Å². The van der Waals surface area contributed by atoms with Gasteiger partial charge in [0.1, 0.15) is 6.33 Å². The minimum absolute atomic E-state index is 0.0565. The summed E-state index contributed by atoms with van der Waals surface area (Å²) in [5.41, 5.74) is 0.593. The Morgan fingerprint density at radius 1 is 1.44 bits per heavy atom. The Labute approximate surface area is 92.4 Å². The molecule has 1 N–H and O–H groups in total. The van der Waals surface area contributed by atoms with E-state index in [1.54, 1.807) is 42.6 Å². The van der Waals surface area contributed by atoms with Gasteiger partial charge in [-0.05, 0) is 0 Å². The first-order valence-electron chi connectivity index (χ1n) is 4.90. The molecule has 0 atom stereocenters. The number of carbonyl (C=O) groups excluding carboxylic acids is 1. The number of aromatic nitrogens is 4. The van der Waals surface area contributed by atoms with Crippen LogP contribution < -0.4 is 5.32 Å². The summed E-state index contributed by atoms with van der Waals surface area (Å²) in [6, 6.07) is 0. The summed E-state index contributed by atoms with van der Waals surface area (Å²) in [6.07, 6.45) is 8.57. The lowest BCUT2D eigenvalue weighted by Gasteiger charge is -2.03. The van der Waals surface area contributed by atoms with Crippen molar-refractivity contribution >= 4 is 11.6 Å². The Bertz CT molecular complexity index is 462. The van der Waals surface area contributed by atoms with E-state index in [1.807, 2.05) is 0 Å². The molecule has 2 aromatic rings. The largest absolute Gasteiger partial charge is 0.323 e. The lowest BCUT2D eigenvalue weighted by Crippen LogP contribution is -2.10. The topological polar surface area (TPSA) is 72.7 Å². The number of imidazole rings is 1. The summed E-state index contributed by atoms with van der Waals surface area (Å²) in [7, 11) is 0. The maximum Gasteiger partial charge on any atom is 0.234 e. The monoisotopic (exact) mass is 217 g/mol. The Morgan fingerprint density at radius 2 is 2.19 bits per heavy atom. The summed E-state index contributed by atoms with van der Waals surface area (Å²) >= 11 is 0. The van der Waals surface area contributed by atoms with Crippen molar-refractivity contribution in [3.8, 4) is 5.95 Å². The highest BCUT2D eigenvalue weighted by Gasteiger charge is 2.01. The second-order valence-electron chi connectivity index (χ2n) is 3.14. The van der Waals surface area contributed by atoms with Gasteiger partial charge in [0, 0.05) is 18.8 Å². The molecule has 0 aliphatic carbocycles. The second kappa shape index (κ2) is 4.52. The molecule has 0 bridgehead atoms. The van der Waals surface area contributed by atoms with E-state index in [-0.39, 0.29) is 5.91 Å². The first-order valence-corrected chi connectivity index (χ1v) is 4.90. The van der Waals surface area contributed by atoms with Gasteiger partial charge in [0.25, 0.3) is 0 Å². The highest BCUT2D eigenvalue weighted by atomic mass is 16.1. The van der Waals surface area contributed by atoms with E-state index in [0.29, 0.717) is 18.1 Å². The predicted octanol–water partition coefficient (Wildman–Crippen LogP) is 1.01. The fourth-order valence-corrected chi connectivity index (χ4v) is 1.15. The van der Waals surface area contributed by atoms with Crippen LogP contribution in [0, 0.1) is 0 Å². The maximum absolute atomic E-state index is 11.1. The molecule has 0 saturated heterocycles. The summed E-state index contributed by atoms with van der Waals surface area (Å²) in [5.74, 6) is 0.464. The zero-order chi connectivity index (χ0) is 11.4. The van der Waals surface area contributed by atoms with Crippen LogP contribution in [0.3, 0.4) is 0 Å². The first kappa shape index (κ1) is 10.3. The van der Waals surface area contributed by atoms with E-state index < -0.39 is 0 Å². The zero-order valence-corrected chi connectivity index (χ0v) is 8.79. The molecule has 2 heterocycles. The first-order chi connectivity index (χ1) is 7.79. The molecule has 0 radical (unpaired) electrons. The fraction of sp³-hybridized carbons (Fsp3) is 0.200. The van der Waals surface area contributed by atoms with Crippen LogP contribution in [0.25, 0.3) is 5.95 Å². The van der Waals surface area contributed by atoms with Crippen LogP contribution in [-0.4, -0.2) is 25.4 Å². The third-order valence-corrected chi connectivity index (χ3v) is 1.98. The average molecular weight is 217 g/mol. The number of nitrogens with one attached hydrogen (secondary N) is 1. The lowest BCUT2D eigenvalue weighted by atomic mass is 10.4. The SMILES string of the molecule is CCC(=O)Nc1cnc(-n2ccnc2)nc1. The summed E-state index contributed by atoms with van der Waals surface area (Å²) in [4.78, 5) is 23.2. The highest BCUT2D eigenvalue weighted by Crippen LogP contribution is 2.05. The Hall–Kier alpha value is -2.24. The van der Waals surface area contributed by atoms with Crippen molar-refractivity contribution < 1.29 is 4.79 Å². The molecule has 0 fully saturated rings. The van der Waals surface area contributed by atoms with E-state index in [2.05, 4.69) is 20.3 Å².